The van der Waals surface area contributed by atoms with E-state index in [9.17, 15) is 14.4 Å². The molecular formula is C18H33N5O4. The van der Waals surface area contributed by atoms with Gasteiger partial charge in [-0.1, -0.05) is 0 Å². The summed E-state index contributed by atoms with van der Waals surface area (Å²) in [4.78, 5) is 35.0. The number of carbonyl (C=O) groups excluding carboxylic acids is 3. The van der Waals surface area contributed by atoms with Crippen molar-refractivity contribution in [3.05, 3.63) is 0 Å². The van der Waals surface area contributed by atoms with E-state index in [-0.39, 0.29) is 18.2 Å². The van der Waals surface area contributed by atoms with Crippen molar-refractivity contribution in [2.75, 3.05) is 13.6 Å². The molecule has 27 heavy (non-hydrogen) atoms. The van der Waals surface area contributed by atoms with Crippen molar-refractivity contribution in [1.82, 2.24) is 16.1 Å². The largest absolute Gasteiger partial charge is 0.460 e. The summed E-state index contributed by atoms with van der Waals surface area (Å²) in [5.74, 6) is 0.112. The van der Waals surface area contributed by atoms with Gasteiger partial charge in [-0.15, -0.1) is 0 Å². The number of hydrazone groups is 1. The van der Waals surface area contributed by atoms with Crippen molar-refractivity contribution in [1.29, 1.82) is 0 Å². The van der Waals surface area contributed by atoms with Gasteiger partial charge in [0.2, 0.25) is 5.91 Å². The Hall–Kier alpha value is -2.16. The molecule has 0 saturated heterocycles. The van der Waals surface area contributed by atoms with Crippen LogP contribution in [0.15, 0.2) is 5.10 Å². The van der Waals surface area contributed by atoms with Gasteiger partial charge in [0.25, 0.3) is 0 Å². The van der Waals surface area contributed by atoms with Gasteiger partial charge in [-0.05, 0) is 52.4 Å². The lowest BCUT2D eigenvalue weighted by molar-refractivity contribution is -0.154. The number of hydrogen-bond donors (Lipinski definition) is 4. The summed E-state index contributed by atoms with van der Waals surface area (Å²) in [5, 5.41) is 9.20. The SMILES string of the molecule is CNC(=O)[C@H]1CC[C@H](CNC(=O)N/N=C/[C@@H](N)CC(=O)OC(C)(C)C)CC1. The molecule has 0 aromatic carbocycles. The monoisotopic (exact) mass is 383 g/mol. The number of ether oxygens (including phenoxy) is 1. The summed E-state index contributed by atoms with van der Waals surface area (Å²) in [6.07, 6.45) is 4.78. The molecule has 154 valence electrons. The third-order valence-corrected chi connectivity index (χ3v) is 4.27. The highest BCUT2D eigenvalue weighted by Crippen LogP contribution is 2.28. The first kappa shape index (κ1) is 22.9. The molecule has 0 radical (unpaired) electrons. The molecule has 1 saturated carbocycles. The van der Waals surface area contributed by atoms with Crippen molar-refractivity contribution in [3.8, 4) is 0 Å². The van der Waals surface area contributed by atoms with Gasteiger partial charge in [-0.3, -0.25) is 9.59 Å². The van der Waals surface area contributed by atoms with Crippen LogP contribution in [0.1, 0.15) is 52.9 Å². The maximum absolute atomic E-state index is 11.8. The van der Waals surface area contributed by atoms with E-state index in [4.69, 9.17) is 10.5 Å². The van der Waals surface area contributed by atoms with Crippen LogP contribution in [-0.2, 0) is 14.3 Å². The Labute approximate surface area is 160 Å². The van der Waals surface area contributed by atoms with Crippen molar-refractivity contribution in [2.24, 2.45) is 22.7 Å². The number of hydrogen-bond acceptors (Lipinski definition) is 6. The minimum Gasteiger partial charge on any atom is -0.460 e. The van der Waals surface area contributed by atoms with E-state index >= 15 is 0 Å². The van der Waals surface area contributed by atoms with Crippen molar-refractivity contribution < 1.29 is 19.1 Å². The minimum absolute atomic E-state index is 0.0152. The van der Waals surface area contributed by atoms with E-state index in [1.807, 2.05) is 0 Å². The fourth-order valence-electron chi connectivity index (χ4n) is 2.93. The Bertz CT molecular complexity index is 536. The number of nitrogens with two attached hydrogens (primary N) is 1. The van der Waals surface area contributed by atoms with Crippen LogP contribution >= 0.6 is 0 Å². The first-order chi connectivity index (χ1) is 12.6. The maximum Gasteiger partial charge on any atom is 0.335 e. The second kappa shape index (κ2) is 10.9. The fourth-order valence-corrected chi connectivity index (χ4v) is 2.93. The van der Waals surface area contributed by atoms with Gasteiger partial charge < -0.3 is 21.1 Å². The molecule has 0 spiro atoms. The van der Waals surface area contributed by atoms with Crippen LogP contribution in [0, 0.1) is 11.8 Å². The predicted octanol–water partition coefficient (Wildman–Crippen LogP) is 0.883. The summed E-state index contributed by atoms with van der Waals surface area (Å²) < 4.78 is 5.17. The second-order valence-corrected chi connectivity index (χ2v) is 7.89. The lowest BCUT2D eigenvalue weighted by Crippen LogP contribution is -2.38. The average molecular weight is 383 g/mol. The average Bonchev–Trinajstić information content (AvgIpc) is 2.58. The highest BCUT2D eigenvalue weighted by molar-refractivity contribution is 5.79. The zero-order valence-electron chi connectivity index (χ0n) is 16.7. The molecule has 0 aromatic rings. The van der Waals surface area contributed by atoms with Gasteiger partial charge in [-0.25, -0.2) is 10.2 Å². The molecule has 0 aromatic heterocycles. The summed E-state index contributed by atoms with van der Waals surface area (Å²) in [6.45, 7) is 5.87. The molecule has 1 aliphatic rings. The first-order valence-electron chi connectivity index (χ1n) is 9.36. The molecule has 0 unspecified atom stereocenters. The van der Waals surface area contributed by atoms with Crippen LogP contribution in [0.25, 0.3) is 0 Å². The van der Waals surface area contributed by atoms with Gasteiger partial charge in [0, 0.05) is 25.7 Å². The van der Waals surface area contributed by atoms with E-state index in [2.05, 4.69) is 21.2 Å². The lowest BCUT2D eigenvalue weighted by atomic mass is 9.81. The van der Waals surface area contributed by atoms with Crippen LogP contribution in [0.2, 0.25) is 0 Å². The topological polar surface area (TPSA) is 135 Å². The van der Waals surface area contributed by atoms with Crippen molar-refractivity contribution >= 4 is 24.1 Å². The van der Waals surface area contributed by atoms with Crippen LogP contribution in [0.5, 0.6) is 0 Å². The highest BCUT2D eigenvalue weighted by atomic mass is 16.6. The fraction of sp³-hybridized carbons (Fsp3) is 0.778. The number of esters is 1. The standard InChI is InChI=1S/C18H33N5O4/c1-18(2,3)27-15(24)9-14(19)11-22-23-17(26)21-10-12-5-7-13(8-6-12)16(25)20-4/h11-14H,5-10,19H2,1-4H3,(H,20,25)(H2,21,23,26)/b22-11+/t12-,13-,14-/m0/s1. The van der Waals surface area contributed by atoms with E-state index < -0.39 is 23.6 Å². The normalized spacial score (nSPS) is 21.4. The zero-order chi connectivity index (χ0) is 20.4. The molecule has 0 heterocycles. The first-order valence-corrected chi connectivity index (χ1v) is 9.36. The molecule has 1 fully saturated rings. The van der Waals surface area contributed by atoms with Crippen LogP contribution in [-0.4, -0.2) is 49.4 Å². The molecule has 9 heteroatoms. The van der Waals surface area contributed by atoms with Gasteiger partial charge in [0.05, 0.1) is 12.5 Å². The van der Waals surface area contributed by atoms with Crippen LogP contribution in [0.3, 0.4) is 0 Å². The molecule has 1 atom stereocenters. The quantitative estimate of drug-likeness (QED) is 0.294. The van der Waals surface area contributed by atoms with Crippen LogP contribution < -0.4 is 21.8 Å². The number of nitrogens with zero attached hydrogens (tertiary/aromatic N) is 1. The number of rotatable bonds is 7. The van der Waals surface area contributed by atoms with Crippen LogP contribution in [0.4, 0.5) is 4.79 Å². The molecule has 3 amide bonds. The Balaban J connectivity index is 2.21. The number of urea groups is 1. The number of amides is 3. The summed E-state index contributed by atoms with van der Waals surface area (Å²) >= 11 is 0. The third-order valence-electron chi connectivity index (χ3n) is 4.27. The number of nitrogens with one attached hydrogen (secondary N) is 3. The van der Waals surface area contributed by atoms with E-state index in [1.54, 1.807) is 27.8 Å². The molecule has 0 aliphatic heterocycles. The highest BCUT2D eigenvalue weighted by Gasteiger charge is 2.25. The molecule has 0 bridgehead atoms. The van der Waals surface area contributed by atoms with Gasteiger partial charge in [-0.2, -0.15) is 5.10 Å². The van der Waals surface area contributed by atoms with E-state index in [1.165, 1.54) is 6.21 Å². The molecule has 1 aliphatic carbocycles. The minimum atomic E-state index is -0.639. The lowest BCUT2D eigenvalue weighted by Gasteiger charge is -2.27. The van der Waals surface area contributed by atoms with Crippen molar-refractivity contribution in [3.63, 3.8) is 0 Å². The summed E-state index contributed by atoms with van der Waals surface area (Å²) in [5.41, 5.74) is 7.53. The van der Waals surface area contributed by atoms with Gasteiger partial charge >= 0.3 is 12.0 Å². The van der Waals surface area contributed by atoms with Crippen molar-refractivity contribution in [2.45, 2.75) is 64.5 Å². The van der Waals surface area contributed by atoms with Gasteiger partial charge in [0.15, 0.2) is 0 Å². The Morgan fingerprint density at radius 3 is 2.41 bits per heavy atom. The Kier molecular flexibility index (Phi) is 9.20. The predicted molar refractivity (Wildman–Crippen MR) is 103 cm³/mol. The Morgan fingerprint density at radius 2 is 1.85 bits per heavy atom. The van der Waals surface area contributed by atoms with Gasteiger partial charge in [0.1, 0.15) is 5.60 Å². The van der Waals surface area contributed by atoms with E-state index in [0.29, 0.717) is 12.5 Å². The maximum atomic E-state index is 11.8. The molecule has 5 N–H and O–H groups in total. The zero-order valence-corrected chi connectivity index (χ0v) is 16.7. The van der Waals surface area contributed by atoms with E-state index in [0.717, 1.165) is 25.7 Å². The molecular weight excluding hydrogens is 350 g/mol. The number of carbonyl (C=O) groups is 3. The molecule has 1 rings (SSSR count). The smallest absolute Gasteiger partial charge is 0.335 e. The third kappa shape index (κ3) is 9.93. The summed E-state index contributed by atoms with van der Waals surface area (Å²) in [7, 11) is 1.65. The summed E-state index contributed by atoms with van der Waals surface area (Å²) in [6, 6.07) is -1.07. The molecule has 9 nitrogen and oxygen atoms in total. The second-order valence-electron chi connectivity index (χ2n) is 7.89. The Morgan fingerprint density at radius 1 is 1.22 bits per heavy atom.